The third-order valence-electron chi connectivity index (χ3n) is 11.7. The number of nitrogens with zero attached hydrogens (tertiary/aromatic N) is 3. The van der Waals surface area contributed by atoms with Crippen LogP contribution in [0.4, 0.5) is 35.9 Å². The van der Waals surface area contributed by atoms with Gasteiger partial charge in [0.2, 0.25) is 17.8 Å². The molecule has 6 rings (SSSR count). The number of carbonyl (C=O) groups excluding carboxylic acids is 7. The molecule has 0 aromatic heterocycles. The van der Waals surface area contributed by atoms with E-state index in [0.29, 0.717) is 37.1 Å². The van der Waals surface area contributed by atoms with Crippen LogP contribution in [0.25, 0.3) is 0 Å². The number of alkyl carbamates (subject to hydrolysis) is 2. The van der Waals surface area contributed by atoms with Crippen LogP contribution >= 0.6 is 0 Å². The van der Waals surface area contributed by atoms with Gasteiger partial charge in [-0.25, -0.2) is 55.3 Å². The minimum Gasteiger partial charge on any atom is -0.793 e. The van der Waals surface area contributed by atoms with Gasteiger partial charge in [-0.15, -0.1) is 0 Å². The van der Waals surface area contributed by atoms with Gasteiger partial charge in [-0.2, -0.15) is 0 Å². The first kappa shape index (κ1) is 66.0. The average molecular weight is 1080 g/mol. The van der Waals surface area contributed by atoms with Crippen molar-refractivity contribution in [3.63, 3.8) is 0 Å². The number of ether oxygens (including phenoxy) is 2. The van der Waals surface area contributed by atoms with Crippen LogP contribution in [0.5, 0.6) is 0 Å². The molecular weight excluding hydrogens is 1010 g/mol. The van der Waals surface area contributed by atoms with E-state index in [1.54, 1.807) is 46.4 Å². The molecule has 411 valence electrons. The number of carbonyl (C=O) groups is 7. The van der Waals surface area contributed by atoms with Gasteiger partial charge in [0.25, 0.3) is 0 Å². The molecule has 4 saturated heterocycles. The van der Waals surface area contributed by atoms with Gasteiger partial charge in [-0.05, 0) is 109 Å². The molecule has 18 nitrogen and oxygen atoms in total. The molecule has 0 aliphatic carbocycles. The molecule has 3 N–H and O–H groups in total. The Bertz CT molecular complexity index is 2300. The number of hydrogen-bond acceptors (Lipinski definition) is 14. The molecule has 6 atom stereocenters. The largest absolute Gasteiger partial charge is 1.00 e. The molecule has 0 spiro atoms. The van der Waals surface area contributed by atoms with Crippen molar-refractivity contribution in [1.29, 1.82) is 0 Å². The Labute approximate surface area is 456 Å². The summed E-state index contributed by atoms with van der Waals surface area (Å²) in [6, 6.07) is 1.02. The summed E-state index contributed by atoms with van der Waals surface area (Å²) in [5.41, 5.74) is -1.76. The van der Waals surface area contributed by atoms with Gasteiger partial charge in [0.05, 0.1) is 0 Å². The van der Waals surface area contributed by atoms with Crippen molar-refractivity contribution in [2.45, 2.75) is 136 Å². The van der Waals surface area contributed by atoms with Crippen LogP contribution < -0.4 is 45.5 Å². The second kappa shape index (κ2) is 30.0. The van der Waals surface area contributed by atoms with Crippen LogP contribution in [0.1, 0.15) is 99.1 Å². The standard InChI is InChI=1S/C22H30F3N3O3.C21H28F3N3O3.C4H6O4.C2H3BO2.Na/c1-22(2,3)31-21(30)26-15(7-14-8-17(24)18(25)10-16(14)23)9-20(29)28-6-5-13-11-27(4)12-19(13)28;1-21(2,3)30-20(29)26-14(6-13-7-16(23)17(24)9-15(13)22)8-19(28)27-5-4-12-10-25-11-18(12)27;1-3(5)7-8-4(2)6;1-2(4)5-3;/h8,10,13,15,19H,5-7,9,11-12H2,1-4H3,(H,26,30);7,9,12,14,18,25H,4-6,8,10-11H2,1-3H3,(H,26,29);1-2H3;1H3;/q;;;-1;+1/t13-,15+,19+;12-,14+,18+;;;/m00.../s1. The number of nitrogens with one attached hydrogen (secondary N) is 3. The van der Waals surface area contributed by atoms with E-state index < -0.39 is 88.3 Å². The van der Waals surface area contributed by atoms with E-state index in [2.05, 4.69) is 43.3 Å². The summed E-state index contributed by atoms with van der Waals surface area (Å²) >= 11 is 0. The van der Waals surface area contributed by atoms with Gasteiger partial charge in [0.15, 0.2) is 23.3 Å². The van der Waals surface area contributed by atoms with Crippen LogP contribution in [0.15, 0.2) is 24.3 Å². The van der Waals surface area contributed by atoms with Gasteiger partial charge >= 0.3 is 53.7 Å². The van der Waals surface area contributed by atoms with E-state index in [1.165, 1.54) is 6.92 Å². The van der Waals surface area contributed by atoms with Gasteiger partial charge in [0.1, 0.15) is 22.8 Å². The summed E-state index contributed by atoms with van der Waals surface area (Å²) in [6.45, 7) is 18.3. The monoisotopic (exact) mass is 1080 g/mol. The fourth-order valence-corrected chi connectivity index (χ4v) is 8.68. The van der Waals surface area contributed by atoms with Gasteiger partial charge < -0.3 is 52.8 Å². The van der Waals surface area contributed by atoms with E-state index in [4.69, 9.17) is 9.47 Å². The summed E-state index contributed by atoms with van der Waals surface area (Å²) in [7, 11) is 6.34. The van der Waals surface area contributed by atoms with Gasteiger partial charge in [-0.1, -0.05) is 0 Å². The molecule has 4 heterocycles. The number of amides is 4. The minimum atomic E-state index is -1.29. The molecule has 4 fully saturated rings. The smallest absolute Gasteiger partial charge is 0.793 e. The number of hydrogen-bond donors (Lipinski definition) is 3. The fraction of sp³-hybridized carbons (Fsp3) is 0.612. The molecule has 4 amide bonds. The van der Waals surface area contributed by atoms with Gasteiger partial charge in [-0.3, -0.25) is 14.4 Å². The fourth-order valence-electron chi connectivity index (χ4n) is 8.68. The van der Waals surface area contributed by atoms with Crippen LogP contribution in [-0.2, 0) is 60.7 Å². The Hall–Kier alpha value is -5.11. The van der Waals surface area contributed by atoms with Gasteiger partial charge in [0, 0.05) is 109 Å². The molecule has 75 heavy (non-hydrogen) atoms. The second-order valence-corrected chi connectivity index (χ2v) is 20.3. The predicted octanol–water partition coefficient (Wildman–Crippen LogP) is 2.51. The average Bonchev–Trinajstić information content (AvgIpc) is 4.06. The summed E-state index contributed by atoms with van der Waals surface area (Å²) in [4.78, 5) is 93.1. The van der Waals surface area contributed by atoms with Crippen LogP contribution in [0.2, 0.25) is 0 Å². The minimum absolute atomic E-state index is 0. The number of fused-ring (bicyclic) bond motifs is 2. The molecule has 0 bridgehead atoms. The Kier molecular flexibility index (Phi) is 26.4. The zero-order valence-electron chi connectivity index (χ0n) is 44.3. The Balaban J connectivity index is 0.000000411. The Morgan fingerprint density at radius 1 is 0.613 bits per heavy atom. The number of rotatable bonds is 10. The second-order valence-electron chi connectivity index (χ2n) is 20.3. The molecule has 4 aliphatic rings. The number of likely N-dealkylation sites (N-methyl/N-ethyl adjacent to an activating group) is 1. The first-order chi connectivity index (χ1) is 34.4. The molecule has 4 aliphatic heterocycles. The molecule has 2 aromatic rings. The molecular formula is C49H67BF6N6NaO12. The molecule has 2 aromatic carbocycles. The Morgan fingerprint density at radius 3 is 1.39 bits per heavy atom. The van der Waals surface area contributed by atoms with Crippen molar-refractivity contribution in [3.8, 4) is 0 Å². The zero-order valence-corrected chi connectivity index (χ0v) is 46.3. The van der Waals surface area contributed by atoms with Crippen molar-refractivity contribution < 1.29 is 113 Å². The number of halogens is 6. The first-order valence-electron chi connectivity index (χ1n) is 23.8. The van der Waals surface area contributed by atoms with Crippen molar-refractivity contribution in [1.82, 2.24) is 30.7 Å². The van der Waals surface area contributed by atoms with Crippen molar-refractivity contribution >= 4 is 50.0 Å². The predicted molar refractivity (Wildman–Crippen MR) is 254 cm³/mol. The number of likely N-dealkylation sites (tertiary alicyclic amines) is 3. The number of benzene rings is 2. The normalized spacial score (nSPS) is 19.3. The van der Waals surface area contributed by atoms with E-state index in [-0.39, 0.29) is 90.3 Å². The summed E-state index contributed by atoms with van der Waals surface area (Å²) in [5, 5.41) is 8.46. The van der Waals surface area contributed by atoms with Crippen LogP contribution in [0, 0.1) is 46.7 Å². The van der Waals surface area contributed by atoms with E-state index in [1.807, 2.05) is 11.9 Å². The molecule has 0 unspecified atom stereocenters. The van der Waals surface area contributed by atoms with Crippen molar-refractivity contribution in [3.05, 3.63) is 70.3 Å². The molecule has 3 radical (unpaired) electrons. The topological polar surface area (TPSA) is 211 Å². The molecule has 0 saturated carbocycles. The quantitative estimate of drug-likeness (QED) is 0.103. The zero-order chi connectivity index (χ0) is 55.8. The Morgan fingerprint density at radius 2 is 1.00 bits per heavy atom. The maximum absolute atomic E-state index is 14.2. The van der Waals surface area contributed by atoms with E-state index >= 15 is 0 Å². The third kappa shape index (κ3) is 23.0. The van der Waals surface area contributed by atoms with E-state index in [9.17, 15) is 59.9 Å². The van der Waals surface area contributed by atoms with Crippen LogP contribution in [0.3, 0.4) is 0 Å². The van der Waals surface area contributed by atoms with Crippen molar-refractivity contribution in [2.24, 2.45) is 11.8 Å². The maximum Gasteiger partial charge on any atom is 1.00 e. The van der Waals surface area contributed by atoms with Crippen molar-refractivity contribution in [2.75, 3.05) is 46.3 Å². The maximum atomic E-state index is 14.2. The third-order valence-corrected chi connectivity index (χ3v) is 11.7. The van der Waals surface area contributed by atoms with Crippen LogP contribution in [-0.4, -0.2) is 146 Å². The first-order valence-corrected chi connectivity index (χ1v) is 23.8. The summed E-state index contributed by atoms with van der Waals surface area (Å²) in [5.74, 6) is -8.05. The SMILES string of the molecule is CC(=O)OOC(C)=O.CC(C)(C)OC(=O)N[C@@H](CC(=O)N1CC[C@H]2CNC[C@H]21)Cc1cc(F)c(F)cc1F.CN1C[C@@H]2CCN(C(=O)C[C@@H](Cc3cc(F)c(F)cc3F)NC(=O)OC(C)(C)C)[C@@H]2C1.[B-]OC(C)=O.[Na+]. The molecule has 26 heteroatoms. The summed E-state index contributed by atoms with van der Waals surface area (Å²) in [6.07, 6.45) is -0.220. The van der Waals surface area contributed by atoms with E-state index in [0.717, 1.165) is 65.0 Å². The summed E-state index contributed by atoms with van der Waals surface area (Å²) < 4.78 is 96.3.